The second kappa shape index (κ2) is 4.05. The van der Waals surface area contributed by atoms with Gasteiger partial charge in [0.15, 0.2) is 0 Å². The van der Waals surface area contributed by atoms with Gasteiger partial charge in [0.1, 0.15) is 5.56 Å². The van der Waals surface area contributed by atoms with Gasteiger partial charge in [-0.1, -0.05) is 0 Å². The highest BCUT2D eigenvalue weighted by molar-refractivity contribution is 7.11. The van der Waals surface area contributed by atoms with Crippen LogP contribution in [-0.4, -0.2) is 25.8 Å². The van der Waals surface area contributed by atoms with Crippen molar-refractivity contribution in [3.8, 4) is 0 Å². The highest BCUT2D eigenvalue weighted by atomic mass is 32.1. The molecule has 16 heavy (non-hydrogen) atoms. The van der Waals surface area contributed by atoms with Gasteiger partial charge < -0.3 is 5.11 Å². The Bertz CT molecular complexity index is 530. The fourth-order valence-electron chi connectivity index (χ4n) is 1.44. The Hall–Kier alpha value is -1.69. The van der Waals surface area contributed by atoms with Gasteiger partial charge in [-0.3, -0.25) is 4.68 Å². The Morgan fingerprint density at radius 3 is 2.75 bits per heavy atom. The summed E-state index contributed by atoms with van der Waals surface area (Å²) >= 11 is 1.59. The van der Waals surface area contributed by atoms with E-state index in [1.165, 1.54) is 6.20 Å². The minimum absolute atomic E-state index is 0.251. The number of carboxylic acids is 1. The van der Waals surface area contributed by atoms with E-state index in [2.05, 4.69) is 10.1 Å². The molecule has 0 unspecified atom stereocenters. The van der Waals surface area contributed by atoms with Crippen LogP contribution in [-0.2, 0) is 6.54 Å². The molecule has 0 aliphatic rings. The summed E-state index contributed by atoms with van der Waals surface area (Å²) in [7, 11) is 0. The first-order valence-corrected chi connectivity index (χ1v) is 5.56. The fraction of sp³-hybridized carbons (Fsp3) is 0.300. The molecule has 6 heteroatoms. The minimum Gasteiger partial charge on any atom is -0.478 e. The number of carbonyl (C=O) groups is 1. The summed E-state index contributed by atoms with van der Waals surface area (Å²) < 4.78 is 1.68. The quantitative estimate of drug-likeness (QED) is 0.882. The first-order valence-electron chi connectivity index (χ1n) is 4.75. The monoisotopic (exact) mass is 237 g/mol. The maximum absolute atomic E-state index is 10.8. The lowest BCUT2D eigenvalue weighted by atomic mass is 10.3. The largest absolute Gasteiger partial charge is 0.478 e. The van der Waals surface area contributed by atoms with Gasteiger partial charge in [0.25, 0.3) is 0 Å². The lowest BCUT2D eigenvalue weighted by Crippen LogP contribution is -2.04. The molecule has 0 atom stereocenters. The predicted octanol–water partition coefficient (Wildman–Crippen LogP) is 1.70. The number of hydrogen-bond donors (Lipinski definition) is 1. The number of hydrogen-bond acceptors (Lipinski definition) is 4. The third-order valence-electron chi connectivity index (χ3n) is 2.31. The van der Waals surface area contributed by atoms with Crippen LogP contribution in [0.25, 0.3) is 0 Å². The second-order valence-electron chi connectivity index (χ2n) is 3.45. The summed E-state index contributed by atoms with van der Waals surface area (Å²) in [6.45, 7) is 4.27. The molecular formula is C10H11N3O2S. The molecule has 0 amide bonds. The Balaban J connectivity index is 2.25. The molecule has 84 valence electrons. The molecular weight excluding hydrogens is 226 g/mol. The van der Waals surface area contributed by atoms with Crippen molar-refractivity contribution in [2.24, 2.45) is 0 Å². The molecule has 0 bridgehead atoms. The van der Waals surface area contributed by atoms with Gasteiger partial charge >= 0.3 is 5.97 Å². The molecule has 1 N–H and O–H groups in total. The summed E-state index contributed by atoms with van der Waals surface area (Å²) in [5.74, 6) is -0.941. The lowest BCUT2D eigenvalue weighted by Gasteiger charge is -2.01. The molecule has 0 spiro atoms. The number of aryl methyl sites for hydroxylation is 1. The lowest BCUT2D eigenvalue weighted by molar-refractivity contribution is 0.0696. The zero-order chi connectivity index (χ0) is 11.7. The van der Waals surface area contributed by atoms with Crippen molar-refractivity contribution in [1.82, 2.24) is 14.8 Å². The average molecular weight is 237 g/mol. The van der Waals surface area contributed by atoms with E-state index in [0.717, 1.165) is 9.88 Å². The van der Waals surface area contributed by atoms with E-state index < -0.39 is 5.97 Å². The Morgan fingerprint density at radius 1 is 1.50 bits per heavy atom. The van der Waals surface area contributed by atoms with Crippen LogP contribution in [0.2, 0.25) is 0 Å². The summed E-state index contributed by atoms with van der Waals surface area (Å²) in [6.07, 6.45) is 3.17. The van der Waals surface area contributed by atoms with Crippen LogP contribution in [0.3, 0.4) is 0 Å². The molecule has 5 nitrogen and oxygen atoms in total. The van der Waals surface area contributed by atoms with Crippen LogP contribution in [0.1, 0.15) is 25.9 Å². The zero-order valence-electron chi connectivity index (χ0n) is 8.97. The van der Waals surface area contributed by atoms with Gasteiger partial charge in [-0.15, -0.1) is 11.3 Å². The van der Waals surface area contributed by atoms with Crippen molar-refractivity contribution in [3.05, 3.63) is 33.5 Å². The highest BCUT2D eigenvalue weighted by Crippen LogP contribution is 2.15. The van der Waals surface area contributed by atoms with Crippen LogP contribution in [0.15, 0.2) is 12.4 Å². The third kappa shape index (κ3) is 1.96. The van der Waals surface area contributed by atoms with Crippen molar-refractivity contribution in [3.63, 3.8) is 0 Å². The van der Waals surface area contributed by atoms with Gasteiger partial charge in [0.2, 0.25) is 0 Å². The molecule has 0 saturated carbocycles. The van der Waals surface area contributed by atoms with Gasteiger partial charge in [-0.05, 0) is 13.8 Å². The first-order chi connectivity index (χ1) is 7.58. The molecule has 0 fully saturated rings. The van der Waals surface area contributed by atoms with Crippen molar-refractivity contribution in [1.29, 1.82) is 0 Å². The standard InChI is InChI=1S/C10H11N3O2S/c1-6-9(10(14)15)4-12-13(6)5-8-3-11-7(2)16-8/h3-4H,5H2,1-2H3,(H,14,15). The van der Waals surface area contributed by atoms with Crippen molar-refractivity contribution in [2.75, 3.05) is 0 Å². The van der Waals surface area contributed by atoms with Crippen LogP contribution >= 0.6 is 11.3 Å². The number of aromatic nitrogens is 3. The smallest absolute Gasteiger partial charge is 0.339 e. The van der Waals surface area contributed by atoms with E-state index in [-0.39, 0.29) is 5.56 Å². The first kappa shape index (κ1) is 10.8. The highest BCUT2D eigenvalue weighted by Gasteiger charge is 2.13. The average Bonchev–Trinajstić information content (AvgIpc) is 2.76. The van der Waals surface area contributed by atoms with Crippen molar-refractivity contribution < 1.29 is 9.90 Å². The number of rotatable bonds is 3. The predicted molar refractivity (Wildman–Crippen MR) is 59.9 cm³/mol. The molecule has 2 aromatic heterocycles. The van der Waals surface area contributed by atoms with Gasteiger partial charge in [-0.2, -0.15) is 5.10 Å². The zero-order valence-corrected chi connectivity index (χ0v) is 9.78. The van der Waals surface area contributed by atoms with Gasteiger partial charge in [-0.25, -0.2) is 9.78 Å². The fourth-order valence-corrected chi connectivity index (χ4v) is 2.22. The second-order valence-corrected chi connectivity index (χ2v) is 4.77. The summed E-state index contributed by atoms with van der Waals surface area (Å²) in [5.41, 5.74) is 0.916. The molecule has 0 radical (unpaired) electrons. The van der Waals surface area contributed by atoms with E-state index in [1.54, 1.807) is 29.1 Å². The summed E-state index contributed by atoms with van der Waals surface area (Å²) in [4.78, 5) is 16.0. The van der Waals surface area contributed by atoms with E-state index >= 15 is 0 Å². The Labute approximate surface area is 96.4 Å². The Kier molecular flexibility index (Phi) is 2.74. The van der Waals surface area contributed by atoms with Crippen molar-refractivity contribution in [2.45, 2.75) is 20.4 Å². The minimum atomic E-state index is -0.941. The topological polar surface area (TPSA) is 68.0 Å². The van der Waals surface area contributed by atoms with Crippen LogP contribution in [0.5, 0.6) is 0 Å². The van der Waals surface area contributed by atoms with E-state index in [4.69, 9.17) is 5.11 Å². The number of thiazole rings is 1. The van der Waals surface area contributed by atoms with E-state index in [0.29, 0.717) is 12.2 Å². The molecule has 0 saturated heterocycles. The van der Waals surface area contributed by atoms with Gasteiger partial charge in [0, 0.05) is 11.1 Å². The number of aromatic carboxylic acids is 1. The van der Waals surface area contributed by atoms with E-state index in [1.807, 2.05) is 6.92 Å². The van der Waals surface area contributed by atoms with Gasteiger partial charge in [0.05, 0.1) is 23.4 Å². The SMILES string of the molecule is Cc1ncc(Cn2ncc(C(=O)O)c2C)s1. The molecule has 2 rings (SSSR count). The number of nitrogens with zero attached hydrogens (tertiary/aromatic N) is 3. The van der Waals surface area contributed by atoms with E-state index in [9.17, 15) is 4.79 Å². The number of carboxylic acid groups (broad SMARTS) is 1. The molecule has 2 heterocycles. The van der Waals surface area contributed by atoms with Crippen molar-refractivity contribution >= 4 is 17.3 Å². The molecule has 0 aliphatic heterocycles. The Morgan fingerprint density at radius 2 is 2.25 bits per heavy atom. The molecule has 2 aromatic rings. The normalized spacial score (nSPS) is 10.6. The molecule has 0 aromatic carbocycles. The maximum atomic E-state index is 10.8. The van der Waals surface area contributed by atoms with Crippen LogP contribution in [0, 0.1) is 13.8 Å². The summed E-state index contributed by atoms with van der Waals surface area (Å²) in [6, 6.07) is 0. The summed E-state index contributed by atoms with van der Waals surface area (Å²) in [5, 5.41) is 13.9. The molecule has 0 aliphatic carbocycles. The van der Waals surface area contributed by atoms with Crippen LogP contribution < -0.4 is 0 Å². The van der Waals surface area contributed by atoms with Crippen LogP contribution in [0.4, 0.5) is 0 Å². The maximum Gasteiger partial charge on any atom is 0.339 e. The third-order valence-corrected chi connectivity index (χ3v) is 3.21.